The molecule has 0 aromatic heterocycles. The van der Waals surface area contributed by atoms with Crippen molar-refractivity contribution in [2.45, 2.75) is 50.7 Å². The summed E-state index contributed by atoms with van der Waals surface area (Å²) in [5.41, 5.74) is 0. The van der Waals surface area contributed by atoms with Gasteiger partial charge < -0.3 is 9.84 Å². The molecule has 1 aliphatic carbocycles. The molecule has 0 amide bonds. The van der Waals surface area contributed by atoms with Crippen molar-refractivity contribution in [1.29, 1.82) is 0 Å². The van der Waals surface area contributed by atoms with E-state index in [0.717, 1.165) is 32.1 Å². The molecule has 19 heavy (non-hydrogen) atoms. The zero-order chi connectivity index (χ0) is 13.9. The van der Waals surface area contributed by atoms with E-state index in [1.807, 2.05) is 0 Å². The quantitative estimate of drug-likeness (QED) is 0.741. The van der Waals surface area contributed by atoms with Gasteiger partial charge in [-0.05, 0) is 32.1 Å². The van der Waals surface area contributed by atoms with Crippen LogP contribution in [-0.4, -0.2) is 56.0 Å². The lowest BCUT2D eigenvalue weighted by Crippen LogP contribution is -2.43. The minimum Gasteiger partial charge on any atom is -0.393 e. The van der Waals surface area contributed by atoms with Crippen molar-refractivity contribution in [2.75, 3.05) is 26.0 Å². The molecule has 3 unspecified atom stereocenters. The number of nitrogens with zero attached hydrogens (tertiary/aromatic N) is 1. The molecule has 2 aliphatic rings. The number of hydrogen-bond acceptors (Lipinski definition) is 4. The Labute approximate surface area is 116 Å². The van der Waals surface area contributed by atoms with Gasteiger partial charge in [0, 0.05) is 32.2 Å². The van der Waals surface area contributed by atoms with Crippen LogP contribution >= 0.6 is 0 Å². The fourth-order valence-corrected chi connectivity index (χ4v) is 5.26. The maximum Gasteiger partial charge on any atom is 0.214 e. The van der Waals surface area contributed by atoms with Crippen LogP contribution in [0, 0.1) is 5.92 Å². The van der Waals surface area contributed by atoms with Gasteiger partial charge in [-0.2, -0.15) is 4.31 Å². The predicted octanol–water partition coefficient (Wildman–Crippen LogP) is 0.978. The van der Waals surface area contributed by atoms with E-state index in [1.54, 1.807) is 11.4 Å². The van der Waals surface area contributed by atoms with Crippen LogP contribution in [0.5, 0.6) is 0 Å². The standard InChI is InChI=1S/C13H25NO4S/c1-18-9-4-10-19(16,17)14-8-3-6-12(14)11-5-2-7-13(11)15/h11-13,15H,2-10H2,1H3. The van der Waals surface area contributed by atoms with Crippen LogP contribution in [0.2, 0.25) is 0 Å². The van der Waals surface area contributed by atoms with Crippen LogP contribution in [0.3, 0.4) is 0 Å². The summed E-state index contributed by atoms with van der Waals surface area (Å²) >= 11 is 0. The number of hydrogen-bond donors (Lipinski definition) is 1. The van der Waals surface area contributed by atoms with Crippen molar-refractivity contribution >= 4 is 10.0 Å². The molecule has 1 N–H and O–H groups in total. The number of sulfonamides is 1. The highest BCUT2D eigenvalue weighted by atomic mass is 32.2. The van der Waals surface area contributed by atoms with Gasteiger partial charge in [0.25, 0.3) is 0 Å². The summed E-state index contributed by atoms with van der Waals surface area (Å²) in [4.78, 5) is 0. The first-order valence-electron chi connectivity index (χ1n) is 7.23. The highest BCUT2D eigenvalue weighted by Crippen LogP contribution is 2.37. The second-order valence-electron chi connectivity index (χ2n) is 5.64. The van der Waals surface area contributed by atoms with Crippen molar-refractivity contribution in [2.24, 2.45) is 5.92 Å². The van der Waals surface area contributed by atoms with E-state index in [0.29, 0.717) is 19.6 Å². The molecule has 1 heterocycles. The predicted molar refractivity (Wildman–Crippen MR) is 73.4 cm³/mol. The first kappa shape index (κ1) is 15.2. The highest BCUT2D eigenvalue weighted by Gasteiger charge is 2.42. The average molecular weight is 291 g/mol. The Kier molecular flexibility index (Phi) is 5.22. The Morgan fingerprint density at radius 1 is 1.26 bits per heavy atom. The van der Waals surface area contributed by atoms with E-state index in [2.05, 4.69) is 0 Å². The van der Waals surface area contributed by atoms with Crippen LogP contribution in [0.4, 0.5) is 0 Å². The third-order valence-corrected chi connectivity index (χ3v) is 6.35. The van der Waals surface area contributed by atoms with E-state index < -0.39 is 10.0 Å². The van der Waals surface area contributed by atoms with Gasteiger partial charge in [0.2, 0.25) is 10.0 Å². The molecule has 0 aromatic rings. The van der Waals surface area contributed by atoms with Gasteiger partial charge in [-0.3, -0.25) is 0 Å². The van der Waals surface area contributed by atoms with E-state index in [9.17, 15) is 13.5 Å². The minimum absolute atomic E-state index is 0.0186. The maximum atomic E-state index is 12.4. The monoisotopic (exact) mass is 291 g/mol. The molecule has 5 nitrogen and oxygen atoms in total. The third kappa shape index (κ3) is 3.48. The van der Waals surface area contributed by atoms with Gasteiger partial charge in [-0.1, -0.05) is 6.42 Å². The molecule has 0 radical (unpaired) electrons. The number of ether oxygens (including phenoxy) is 1. The summed E-state index contributed by atoms with van der Waals surface area (Å²) in [6.07, 6.45) is 4.81. The molecule has 1 aliphatic heterocycles. The zero-order valence-electron chi connectivity index (χ0n) is 11.6. The van der Waals surface area contributed by atoms with Gasteiger partial charge in [0.15, 0.2) is 0 Å². The van der Waals surface area contributed by atoms with E-state index in [1.165, 1.54) is 0 Å². The molecule has 3 atom stereocenters. The van der Waals surface area contributed by atoms with E-state index in [4.69, 9.17) is 4.74 Å². The first-order chi connectivity index (χ1) is 9.06. The van der Waals surface area contributed by atoms with Crippen molar-refractivity contribution in [3.05, 3.63) is 0 Å². The van der Waals surface area contributed by atoms with Gasteiger partial charge in [0.05, 0.1) is 11.9 Å². The minimum atomic E-state index is -3.20. The smallest absolute Gasteiger partial charge is 0.214 e. The third-order valence-electron chi connectivity index (χ3n) is 4.38. The van der Waals surface area contributed by atoms with Gasteiger partial charge >= 0.3 is 0 Å². The van der Waals surface area contributed by atoms with Gasteiger partial charge in [-0.25, -0.2) is 8.42 Å². The summed E-state index contributed by atoms with van der Waals surface area (Å²) in [5.74, 6) is 0.292. The van der Waals surface area contributed by atoms with Crippen molar-refractivity contribution in [1.82, 2.24) is 4.31 Å². The summed E-state index contributed by atoms with van der Waals surface area (Å²) in [6.45, 7) is 1.09. The molecule has 6 heteroatoms. The van der Waals surface area contributed by atoms with Crippen molar-refractivity contribution in [3.63, 3.8) is 0 Å². The lowest BCUT2D eigenvalue weighted by molar-refractivity contribution is 0.0974. The molecule has 0 aromatic carbocycles. The lowest BCUT2D eigenvalue weighted by Gasteiger charge is -2.30. The van der Waals surface area contributed by atoms with Crippen LogP contribution in [0.1, 0.15) is 38.5 Å². The number of rotatable bonds is 6. The molecule has 1 saturated carbocycles. The van der Waals surface area contributed by atoms with Crippen LogP contribution in [0.15, 0.2) is 0 Å². The summed E-state index contributed by atoms with van der Waals surface area (Å²) in [6, 6.07) is 0.0186. The molecular weight excluding hydrogens is 266 g/mol. The zero-order valence-corrected chi connectivity index (χ0v) is 12.4. The summed E-state index contributed by atoms with van der Waals surface area (Å²) in [7, 11) is -1.62. The average Bonchev–Trinajstić information content (AvgIpc) is 2.97. The van der Waals surface area contributed by atoms with Crippen LogP contribution < -0.4 is 0 Å². The number of aliphatic hydroxyl groups excluding tert-OH is 1. The molecule has 0 spiro atoms. The first-order valence-corrected chi connectivity index (χ1v) is 8.83. The van der Waals surface area contributed by atoms with E-state index >= 15 is 0 Å². The molecule has 2 rings (SSSR count). The second kappa shape index (κ2) is 6.52. The largest absolute Gasteiger partial charge is 0.393 e. The van der Waals surface area contributed by atoms with Crippen molar-refractivity contribution in [3.8, 4) is 0 Å². The Bertz CT molecular complexity index is 384. The van der Waals surface area contributed by atoms with Crippen LogP contribution in [-0.2, 0) is 14.8 Å². The Balaban J connectivity index is 2.01. The van der Waals surface area contributed by atoms with E-state index in [-0.39, 0.29) is 23.8 Å². The fourth-order valence-electron chi connectivity index (χ4n) is 3.46. The SMILES string of the molecule is COCCCS(=O)(=O)N1CCCC1C1CCCC1O. The Hall–Kier alpha value is -0.170. The maximum absolute atomic E-state index is 12.4. The molecule has 1 saturated heterocycles. The molecule has 0 bridgehead atoms. The molecule has 2 fully saturated rings. The lowest BCUT2D eigenvalue weighted by atomic mass is 9.95. The second-order valence-corrected chi connectivity index (χ2v) is 7.69. The number of aliphatic hydroxyl groups is 1. The van der Waals surface area contributed by atoms with Crippen LogP contribution in [0.25, 0.3) is 0 Å². The Morgan fingerprint density at radius 2 is 2.05 bits per heavy atom. The van der Waals surface area contributed by atoms with Gasteiger partial charge in [0.1, 0.15) is 0 Å². The van der Waals surface area contributed by atoms with Crippen molar-refractivity contribution < 1.29 is 18.3 Å². The topological polar surface area (TPSA) is 66.8 Å². The number of methoxy groups -OCH3 is 1. The fraction of sp³-hybridized carbons (Fsp3) is 1.00. The summed E-state index contributed by atoms with van der Waals surface area (Å²) < 4.78 is 31.3. The normalized spacial score (nSPS) is 33.1. The highest BCUT2D eigenvalue weighted by molar-refractivity contribution is 7.89. The summed E-state index contributed by atoms with van der Waals surface area (Å²) in [5, 5.41) is 10.0. The molecular formula is C13H25NO4S. The molecule has 112 valence electrons. The van der Waals surface area contributed by atoms with Gasteiger partial charge in [-0.15, -0.1) is 0 Å². The Morgan fingerprint density at radius 3 is 2.68 bits per heavy atom.